The molecule has 8 heteroatoms. The Bertz CT molecular complexity index is 800. The third-order valence-electron chi connectivity index (χ3n) is 5.03. The van der Waals surface area contributed by atoms with Gasteiger partial charge in [-0.1, -0.05) is 12.1 Å². The van der Waals surface area contributed by atoms with Gasteiger partial charge in [-0.2, -0.15) is 0 Å². The molecule has 26 heavy (non-hydrogen) atoms. The maximum atomic E-state index is 12.6. The van der Waals surface area contributed by atoms with Crippen LogP contribution in [-0.2, 0) is 9.59 Å². The van der Waals surface area contributed by atoms with Gasteiger partial charge in [0.1, 0.15) is 5.54 Å². The van der Waals surface area contributed by atoms with Gasteiger partial charge in [-0.05, 0) is 25.0 Å². The second-order valence-corrected chi connectivity index (χ2v) is 7.58. The molecular weight excluding hydrogens is 350 g/mol. The highest BCUT2D eigenvalue weighted by atomic mass is 32.1. The summed E-state index contributed by atoms with van der Waals surface area (Å²) in [5.41, 5.74) is 1.27. The van der Waals surface area contributed by atoms with Crippen LogP contribution in [0.4, 0.5) is 16.5 Å². The maximum absolute atomic E-state index is 12.6. The molecule has 1 spiro atoms. The molecule has 0 aliphatic carbocycles. The molecule has 0 unspecified atom stereocenters. The topological polar surface area (TPSA) is 86.4 Å². The second kappa shape index (κ2) is 7.05. The monoisotopic (exact) mass is 371 g/mol. The minimum Gasteiger partial charge on any atom is -0.369 e. The van der Waals surface area contributed by atoms with Gasteiger partial charge in [-0.15, -0.1) is 11.3 Å². The summed E-state index contributed by atoms with van der Waals surface area (Å²) in [6.07, 6.45) is 3.54. The molecule has 1 fully saturated rings. The quantitative estimate of drug-likeness (QED) is 0.768. The van der Waals surface area contributed by atoms with E-state index in [-0.39, 0.29) is 11.8 Å². The van der Waals surface area contributed by atoms with Crippen molar-refractivity contribution in [2.45, 2.75) is 24.8 Å². The Morgan fingerprint density at radius 3 is 2.77 bits per heavy atom. The Hall–Kier alpha value is -2.45. The van der Waals surface area contributed by atoms with E-state index < -0.39 is 5.54 Å². The number of rotatable bonds is 4. The van der Waals surface area contributed by atoms with E-state index in [1.165, 1.54) is 11.3 Å². The first-order valence-electron chi connectivity index (χ1n) is 8.75. The number of hydrogen-bond acceptors (Lipinski definition) is 6. The highest BCUT2D eigenvalue weighted by molar-refractivity contribution is 7.13. The molecule has 4 rings (SSSR count). The number of fused-ring (bicyclic) bond motifs is 1. The van der Waals surface area contributed by atoms with E-state index in [4.69, 9.17) is 0 Å². The molecule has 0 atom stereocenters. The number of nitrogens with one attached hydrogen (secondary N) is 3. The number of anilines is 3. The third kappa shape index (κ3) is 3.42. The molecule has 1 saturated heterocycles. The Kier molecular flexibility index (Phi) is 4.60. The van der Waals surface area contributed by atoms with Crippen molar-refractivity contribution in [3.63, 3.8) is 0 Å². The number of likely N-dealkylation sites (tertiary alicyclic amines) is 1. The molecule has 0 saturated carbocycles. The minimum atomic E-state index is -0.548. The Balaban J connectivity index is 1.30. The van der Waals surface area contributed by atoms with E-state index in [2.05, 4.69) is 25.8 Å². The lowest BCUT2D eigenvalue weighted by Crippen LogP contribution is -2.58. The molecule has 2 amide bonds. The fourth-order valence-corrected chi connectivity index (χ4v) is 4.04. The van der Waals surface area contributed by atoms with Crippen LogP contribution in [0, 0.1) is 0 Å². The number of carbonyl (C=O) groups is 2. The van der Waals surface area contributed by atoms with Crippen molar-refractivity contribution in [2.24, 2.45) is 0 Å². The van der Waals surface area contributed by atoms with E-state index in [1.807, 2.05) is 29.6 Å². The van der Waals surface area contributed by atoms with Gasteiger partial charge in [0, 0.05) is 37.6 Å². The van der Waals surface area contributed by atoms with Crippen LogP contribution in [0.25, 0.3) is 0 Å². The predicted octanol–water partition coefficient (Wildman–Crippen LogP) is 2.37. The van der Waals surface area contributed by atoms with Gasteiger partial charge in [0.2, 0.25) is 11.8 Å². The van der Waals surface area contributed by atoms with Gasteiger partial charge in [0.05, 0.1) is 11.4 Å². The Morgan fingerprint density at radius 2 is 2.04 bits per heavy atom. The Morgan fingerprint density at radius 1 is 1.27 bits per heavy atom. The lowest BCUT2D eigenvalue weighted by atomic mass is 9.84. The number of thiazole rings is 1. The predicted molar refractivity (Wildman–Crippen MR) is 102 cm³/mol. The van der Waals surface area contributed by atoms with Gasteiger partial charge in [0.25, 0.3) is 0 Å². The average Bonchev–Trinajstić information content (AvgIpc) is 3.15. The Labute approximate surface area is 155 Å². The van der Waals surface area contributed by atoms with Gasteiger partial charge in [-0.3, -0.25) is 9.59 Å². The first-order chi connectivity index (χ1) is 12.6. The summed E-state index contributed by atoms with van der Waals surface area (Å²) in [6.45, 7) is 2.26. The standard InChI is InChI=1S/C18H21N5O2S/c24-15(21-17-19-8-12-26-17)5-9-23-10-6-18(7-11-23)16(25)20-13-3-1-2-4-14(13)22-18/h1-4,8,12,22H,5-7,9-11H2,(H,20,25)(H,19,21,24). The van der Waals surface area contributed by atoms with Gasteiger partial charge in [0.15, 0.2) is 5.13 Å². The van der Waals surface area contributed by atoms with Crippen molar-refractivity contribution in [2.75, 3.05) is 35.6 Å². The zero-order valence-electron chi connectivity index (χ0n) is 14.3. The van der Waals surface area contributed by atoms with E-state index in [0.29, 0.717) is 18.1 Å². The van der Waals surface area contributed by atoms with Crippen molar-refractivity contribution < 1.29 is 9.59 Å². The first-order valence-corrected chi connectivity index (χ1v) is 9.63. The first kappa shape index (κ1) is 17.0. The summed E-state index contributed by atoms with van der Waals surface area (Å²) in [5, 5.41) is 11.7. The van der Waals surface area contributed by atoms with Crippen molar-refractivity contribution >= 4 is 39.7 Å². The number of amides is 2. The van der Waals surface area contributed by atoms with Crippen LogP contribution in [0.1, 0.15) is 19.3 Å². The number of aromatic nitrogens is 1. The highest BCUT2D eigenvalue weighted by Crippen LogP contribution is 2.36. The zero-order chi connectivity index (χ0) is 18.0. The summed E-state index contributed by atoms with van der Waals surface area (Å²) < 4.78 is 0. The van der Waals surface area contributed by atoms with E-state index in [9.17, 15) is 9.59 Å². The van der Waals surface area contributed by atoms with Crippen molar-refractivity contribution in [3.05, 3.63) is 35.8 Å². The maximum Gasteiger partial charge on any atom is 0.250 e. The van der Waals surface area contributed by atoms with Crippen molar-refractivity contribution in [1.82, 2.24) is 9.88 Å². The van der Waals surface area contributed by atoms with E-state index in [1.54, 1.807) is 6.20 Å². The molecule has 2 aliphatic rings. The van der Waals surface area contributed by atoms with Gasteiger partial charge < -0.3 is 20.9 Å². The molecule has 2 aliphatic heterocycles. The largest absolute Gasteiger partial charge is 0.369 e. The molecule has 1 aromatic carbocycles. The number of benzene rings is 1. The van der Waals surface area contributed by atoms with Crippen LogP contribution in [-0.4, -0.2) is 46.9 Å². The summed E-state index contributed by atoms with van der Waals surface area (Å²) in [4.78, 5) is 30.9. The molecule has 2 aromatic rings. The normalized spacial score (nSPS) is 18.7. The second-order valence-electron chi connectivity index (χ2n) is 6.68. The van der Waals surface area contributed by atoms with Crippen LogP contribution in [0.2, 0.25) is 0 Å². The highest BCUT2D eigenvalue weighted by Gasteiger charge is 2.44. The van der Waals surface area contributed by atoms with Gasteiger partial charge >= 0.3 is 0 Å². The summed E-state index contributed by atoms with van der Waals surface area (Å²) in [6, 6.07) is 7.78. The lowest BCUT2D eigenvalue weighted by Gasteiger charge is -2.44. The van der Waals surface area contributed by atoms with Crippen LogP contribution in [0.3, 0.4) is 0 Å². The number of carbonyl (C=O) groups excluding carboxylic acids is 2. The van der Waals surface area contributed by atoms with Crippen LogP contribution in [0.15, 0.2) is 35.8 Å². The molecule has 3 N–H and O–H groups in total. The fourth-order valence-electron chi connectivity index (χ4n) is 3.49. The average molecular weight is 371 g/mol. The molecule has 3 heterocycles. The van der Waals surface area contributed by atoms with Crippen LogP contribution in [0.5, 0.6) is 0 Å². The van der Waals surface area contributed by atoms with Crippen LogP contribution >= 0.6 is 11.3 Å². The molecule has 1 aromatic heterocycles. The smallest absolute Gasteiger partial charge is 0.250 e. The summed E-state index contributed by atoms with van der Waals surface area (Å²) in [5.74, 6) is 0.0139. The van der Waals surface area contributed by atoms with E-state index in [0.717, 1.165) is 37.3 Å². The lowest BCUT2D eigenvalue weighted by molar-refractivity contribution is -0.122. The summed E-state index contributed by atoms with van der Waals surface area (Å²) >= 11 is 1.41. The van der Waals surface area contributed by atoms with Crippen molar-refractivity contribution in [3.8, 4) is 0 Å². The molecule has 7 nitrogen and oxygen atoms in total. The van der Waals surface area contributed by atoms with Gasteiger partial charge in [-0.25, -0.2) is 4.98 Å². The van der Waals surface area contributed by atoms with Crippen LogP contribution < -0.4 is 16.0 Å². The summed E-state index contributed by atoms with van der Waals surface area (Å²) in [7, 11) is 0. The zero-order valence-corrected chi connectivity index (χ0v) is 15.1. The minimum absolute atomic E-state index is 0.0253. The SMILES string of the molecule is O=C(CCN1CCC2(CC1)Nc1ccccc1NC2=O)Nc1nccs1. The number of para-hydroxylation sites is 2. The molecule has 136 valence electrons. The number of nitrogens with zero attached hydrogens (tertiary/aromatic N) is 2. The molecule has 0 radical (unpaired) electrons. The number of hydrogen-bond donors (Lipinski definition) is 3. The fraction of sp³-hybridized carbons (Fsp3) is 0.389. The van der Waals surface area contributed by atoms with Crippen molar-refractivity contribution in [1.29, 1.82) is 0 Å². The third-order valence-corrected chi connectivity index (χ3v) is 5.72. The molecular formula is C18H21N5O2S. The number of piperidine rings is 1. The van der Waals surface area contributed by atoms with E-state index >= 15 is 0 Å². The molecule has 0 bridgehead atoms.